The van der Waals surface area contributed by atoms with Crippen molar-refractivity contribution in [3.63, 3.8) is 0 Å². The number of ether oxygens (including phenoxy) is 2. The molecule has 0 unspecified atom stereocenters. The van der Waals surface area contributed by atoms with Gasteiger partial charge in [0, 0.05) is 6.61 Å². The largest absolute Gasteiger partial charge is 0.478 e. The van der Waals surface area contributed by atoms with Gasteiger partial charge in [-0.15, -0.1) is 0 Å². The number of carboxylic acid groups (broad SMARTS) is 2. The predicted octanol–water partition coefficient (Wildman–Crippen LogP) is 4.62. The molecule has 0 amide bonds. The van der Waals surface area contributed by atoms with Crippen molar-refractivity contribution in [3.05, 3.63) is 70.8 Å². The number of hydrogen-bond donors (Lipinski definition) is 2. The Kier molecular flexibility index (Phi) is 10.5. The summed E-state index contributed by atoms with van der Waals surface area (Å²) in [4.78, 5) is 21.3. The Morgan fingerprint density at radius 1 is 0.893 bits per heavy atom. The van der Waals surface area contributed by atoms with Gasteiger partial charge in [0.25, 0.3) is 0 Å². The highest BCUT2D eigenvalue weighted by Crippen LogP contribution is 2.08. The zero-order valence-corrected chi connectivity index (χ0v) is 16.6. The van der Waals surface area contributed by atoms with Crippen LogP contribution in [0.1, 0.15) is 59.0 Å². The average Bonchev–Trinajstić information content (AvgIpc) is 2.67. The fourth-order valence-corrected chi connectivity index (χ4v) is 2.19. The Labute approximate surface area is 165 Å². The first-order valence-corrected chi connectivity index (χ1v) is 9.17. The molecule has 6 nitrogen and oxygen atoms in total. The third-order valence-corrected chi connectivity index (χ3v) is 3.55. The predicted molar refractivity (Wildman–Crippen MR) is 107 cm³/mol. The number of aromatic carboxylic acids is 2. The summed E-state index contributed by atoms with van der Waals surface area (Å²) in [7, 11) is 0. The van der Waals surface area contributed by atoms with Crippen LogP contribution in [0.25, 0.3) is 0 Å². The lowest BCUT2D eigenvalue weighted by Crippen LogP contribution is -2.03. The van der Waals surface area contributed by atoms with Gasteiger partial charge < -0.3 is 19.7 Å². The third kappa shape index (κ3) is 9.30. The van der Waals surface area contributed by atoms with Crippen molar-refractivity contribution in [2.45, 2.75) is 46.5 Å². The summed E-state index contributed by atoms with van der Waals surface area (Å²) in [5.74, 6) is -1.81. The summed E-state index contributed by atoms with van der Waals surface area (Å²) in [6.45, 7) is 7.57. The summed E-state index contributed by atoms with van der Waals surface area (Å²) >= 11 is 0. The van der Waals surface area contributed by atoms with Crippen LogP contribution in [-0.2, 0) is 22.7 Å². The molecule has 0 aliphatic carbocycles. The smallest absolute Gasteiger partial charge is 0.335 e. The van der Waals surface area contributed by atoms with Crippen molar-refractivity contribution in [1.82, 2.24) is 0 Å². The topological polar surface area (TPSA) is 93.1 Å². The summed E-state index contributed by atoms with van der Waals surface area (Å²) in [5.41, 5.74) is 2.40. The zero-order chi connectivity index (χ0) is 20.9. The van der Waals surface area contributed by atoms with Gasteiger partial charge in [-0.2, -0.15) is 0 Å². The van der Waals surface area contributed by atoms with Gasteiger partial charge in [0.2, 0.25) is 0 Å². The van der Waals surface area contributed by atoms with Crippen LogP contribution >= 0.6 is 0 Å². The molecule has 0 aromatic heterocycles. The van der Waals surface area contributed by atoms with Gasteiger partial charge in [0.05, 0.1) is 30.4 Å². The average molecular weight is 388 g/mol. The Morgan fingerprint density at radius 2 is 1.39 bits per heavy atom. The molecule has 2 rings (SSSR count). The van der Waals surface area contributed by atoms with E-state index in [1.807, 2.05) is 32.9 Å². The van der Waals surface area contributed by atoms with Crippen LogP contribution in [0, 0.1) is 0 Å². The molecule has 0 fully saturated rings. The molecule has 2 aromatic rings. The van der Waals surface area contributed by atoms with Crippen LogP contribution in [-0.4, -0.2) is 34.9 Å². The maximum atomic E-state index is 10.7. The van der Waals surface area contributed by atoms with E-state index in [0.29, 0.717) is 30.9 Å². The second-order valence-corrected chi connectivity index (χ2v) is 6.42. The Balaban J connectivity index is 0.000000280. The minimum Gasteiger partial charge on any atom is -0.478 e. The first-order chi connectivity index (χ1) is 13.3. The molecule has 0 aliphatic heterocycles. The highest BCUT2D eigenvalue weighted by Gasteiger charge is 2.04. The van der Waals surface area contributed by atoms with Crippen LogP contribution in [0.2, 0.25) is 0 Å². The molecule has 0 atom stereocenters. The van der Waals surface area contributed by atoms with Crippen molar-refractivity contribution in [1.29, 1.82) is 0 Å². The minimum absolute atomic E-state index is 0.156. The molecule has 0 spiro atoms. The minimum atomic E-state index is -0.906. The second kappa shape index (κ2) is 12.6. The SMILES string of the molecule is CC(C)OCc1cccc(C(=O)O)c1.CCCOCc1cccc(C(=O)O)c1. The number of carbonyl (C=O) groups is 2. The number of hydrogen-bond acceptors (Lipinski definition) is 4. The lowest BCUT2D eigenvalue weighted by Gasteiger charge is -2.07. The molecule has 152 valence electrons. The van der Waals surface area contributed by atoms with Crippen molar-refractivity contribution >= 4 is 11.9 Å². The van der Waals surface area contributed by atoms with Crippen molar-refractivity contribution in [3.8, 4) is 0 Å². The Hall–Kier alpha value is -2.70. The number of rotatable bonds is 9. The van der Waals surface area contributed by atoms with Gasteiger partial charge in [0.15, 0.2) is 0 Å². The molecule has 28 heavy (non-hydrogen) atoms. The zero-order valence-electron chi connectivity index (χ0n) is 16.6. The lowest BCUT2D eigenvalue weighted by atomic mass is 10.1. The molecular weight excluding hydrogens is 360 g/mol. The van der Waals surface area contributed by atoms with E-state index in [1.165, 1.54) is 0 Å². The molecule has 0 heterocycles. The highest BCUT2D eigenvalue weighted by molar-refractivity contribution is 5.88. The third-order valence-electron chi connectivity index (χ3n) is 3.55. The Morgan fingerprint density at radius 3 is 1.82 bits per heavy atom. The molecule has 0 saturated carbocycles. The van der Waals surface area contributed by atoms with E-state index in [0.717, 1.165) is 17.5 Å². The quantitative estimate of drug-likeness (QED) is 0.609. The molecule has 0 radical (unpaired) electrons. The van der Waals surface area contributed by atoms with E-state index in [-0.39, 0.29) is 6.10 Å². The molecule has 0 bridgehead atoms. The van der Waals surface area contributed by atoms with Crippen LogP contribution in [0.5, 0.6) is 0 Å². The summed E-state index contributed by atoms with van der Waals surface area (Å²) < 4.78 is 10.7. The van der Waals surface area contributed by atoms with E-state index in [2.05, 4.69) is 0 Å². The fraction of sp³-hybridized carbons (Fsp3) is 0.364. The summed E-state index contributed by atoms with van der Waals surface area (Å²) in [6.07, 6.45) is 1.13. The van der Waals surface area contributed by atoms with Crippen LogP contribution in [0.3, 0.4) is 0 Å². The van der Waals surface area contributed by atoms with Crippen molar-refractivity contribution in [2.24, 2.45) is 0 Å². The molecule has 2 N–H and O–H groups in total. The van der Waals surface area contributed by atoms with Crippen molar-refractivity contribution < 1.29 is 29.3 Å². The van der Waals surface area contributed by atoms with E-state index in [4.69, 9.17) is 19.7 Å². The van der Waals surface area contributed by atoms with E-state index in [1.54, 1.807) is 36.4 Å². The lowest BCUT2D eigenvalue weighted by molar-refractivity contribution is 0.0651. The highest BCUT2D eigenvalue weighted by atomic mass is 16.5. The number of benzene rings is 2. The van der Waals surface area contributed by atoms with Gasteiger partial charge in [0.1, 0.15) is 0 Å². The van der Waals surface area contributed by atoms with Gasteiger partial charge in [-0.3, -0.25) is 0 Å². The number of carboxylic acids is 2. The summed E-state index contributed by atoms with van der Waals surface area (Å²) in [5, 5.41) is 17.5. The molecule has 0 aliphatic rings. The molecule has 0 saturated heterocycles. The summed E-state index contributed by atoms with van der Waals surface area (Å²) in [6, 6.07) is 13.6. The standard InChI is InChI=1S/2C11H14O3/c1-8(2)14-7-9-4-3-5-10(6-9)11(12)13;1-2-6-14-8-9-4-3-5-10(7-9)11(12)13/h3-6,8H,7H2,1-2H3,(H,12,13);3-5,7H,2,6,8H2,1H3,(H,12,13). The molecule has 2 aromatic carbocycles. The fourth-order valence-electron chi connectivity index (χ4n) is 2.19. The van der Waals surface area contributed by atoms with Crippen LogP contribution in [0.4, 0.5) is 0 Å². The Bertz CT molecular complexity index is 754. The molecule has 6 heteroatoms. The molecular formula is C22H28O6. The maximum Gasteiger partial charge on any atom is 0.335 e. The van der Waals surface area contributed by atoms with Crippen LogP contribution < -0.4 is 0 Å². The van der Waals surface area contributed by atoms with Crippen LogP contribution in [0.15, 0.2) is 48.5 Å². The van der Waals surface area contributed by atoms with Gasteiger partial charge >= 0.3 is 11.9 Å². The maximum absolute atomic E-state index is 10.7. The normalized spacial score (nSPS) is 10.3. The van der Waals surface area contributed by atoms with Gasteiger partial charge in [-0.25, -0.2) is 9.59 Å². The van der Waals surface area contributed by atoms with E-state index < -0.39 is 11.9 Å². The van der Waals surface area contributed by atoms with E-state index >= 15 is 0 Å². The second-order valence-electron chi connectivity index (χ2n) is 6.42. The van der Waals surface area contributed by atoms with E-state index in [9.17, 15) is 9.59 Å². The van der Waals surface area contributed by atoms with Gasteiger partial charge in [-0.05, 0) is 55.7 Å². The first-order valence-electron chi connectivity index (χ1n) is 9.17. The van der Waals surface area contributed by atoms with Crippen molar-refractivity contribution in [2.75, 3.05) is 6.61 Å². The van der Waals surface area contributed by atoms with Gasteiger partial charge in [-0.1, -0.05) is 31.2 Å². The monoisotopic (exact) mass is 388 g/mol. The first kappa shape index (κ1) is 23.3.